The van der Waals surface area contributed by atoms with Gasteiger partial charge in [-0.15, -0.1) is 0 Å². The van der Waals surface area contributed by atoms with Gasteiger partial charge in [-0.1, -0.05) is 0 Å². The summed E-state index contributed by atoms with van der Waals surface area (Å²) < 4.78 is 4.65. The van der Waals surface area contributed by atoms with E-state index in [-0.39, 0.29) is 5.01 Å². The molecule has 33 valence electrons. The SMILES string of the molecule is BrC1CN=[C]O1. The monoisotopic (exact) mass is 148 g/mol. The van der Waals surface area contributed by atoms with Crippen LogP contribution in [0.3, 0.4) is 0 Å². The van der Waals surface area contributed by atoms with Crippen LogP contribution in [0.15, 0.2) is 4.99 Å². The Hall–Kier alpha value is -0.0500. The fourth-order valence-corrected chi connectivity index (χ4v) is 0.469. The number of aliphatic imine (C=N–C) groups is 1. The molecule has 0 N–H and O–H groups in total. The van der Waals surface area contributed by atoms with Gasteiger partial charge in [0.2, 0.25) is 0 Å². The van der Waals surface area contributed by atoms with Crippen molar-refractivity contribution in [3.8, 4) is 0 Å². The first kappa shape index (κ1) is 4.12. The Morgan fingerprint density at radius 1 is 2.00 bits per heavy atom. The average Bonchev–Trinajstić information content (AvgIpc) is 1.86. The standard InChI is InChI=1S/C3H3BrNO/c4-3-1-5-2-6-3/h3H,1H2. The summed E-state index contributed by atoms with van der Waals surface area (Å²) in [4.78, 5) is 3.65. The predicted molar refractivity (Wildman–Crippen MR) is 26.1 cm³/mol. The lowest BCUT2D eigenvalue weighted by atomic mass is 10.8. The van der Waals surface area contributed by atoms with Crippen molar-refractivity contribution in [3.05, 3.63) is 0 Å². The van der Waals surface area contributed by atoms with Crippen molar-refractivity contribution in [2.24, 2.45) is 4.99 Å². The van der Waals surface area contributed by atoms with Gasteiger partial charge in [0.15, 0.2) is 5.01 Å². The highest BCUT2D eigenvalue weighted by Gasteiger charge is 2.05. The van der Waals surface area contributed by atoms with E-state index in [1.165, 1.54) is 0 Å². The van der Waals surface area contributed by atoms with Gasteiger partial charge < -0.3 is 4.74 Å². The summed E-state index contributed by atoms with van der Waals surface area (Å²) >= 11 is 3.16. The van der Waals surface area contributed by atoms with Gasteiger partial charge >= 0.3 is 0 Å². The summed E-state index contributed by atoms with van der Waals surface area (Å²) in [5.41, 5.74) is 0. The maximum Gasteiger partial charge on any atom is 0.274 e. The van der Waals surface area contributed by atoms with Gasteiger partial charge in [0.1, 0.15) is 0 Å². The van der Waals surface area contributed by atoms with Crippen molar-refractivity contribution >= 4 is 22.3 Å². The molecule has 0 amide bonds. The van der Waals surface area contributed by atoms with Gasteiger partial charge in [0.25, 0.3) is 6.40 Å². The van der Waals surface area contributed by atoms with E-state index in [4.69, 9.17) is 0 Å². The Balaban J connectivity index is 2.32. The summed E-state index contributed by atoms with van der Waals surface area (Å²) in [7, 11) is 0. The first-order chi connectivity index (χ1) is 2.89. The maximum absolute atomic E-state index is 4.65. The van der Waals surface area contributed by atoms with Crippen LogP contribution in [0.4, 0.5) is 0 Å². The second kappa shape index (κ2) is 1.60. The van der Waals surface area contributed by atoms with Gasteiger partial charge in [-0.25, -0.2) is 4.99 Å². The van der Waals surface area contributed by atoms with Crippen LogP contribution in [0.2, 0.25) is 0 Å². The molecule has 2 nitrogen and oxygen atoms in total. The molecule has 0 saturated carbocycles. The fourth-order valence-electron chi connectivity index (χ4n) is 0.241. The predicted octanol–water partition coefficient (Wildman–Crippen LogP) is 0.643. The first-order valence-corrected chi connectivity index (χ1v) is 2.52. The second-order valence-corrected chi connectivity index (χ2v) is 1.98. The summed E-state index contributed by atoms with van der Waals surface area (Å²) in [6, 6.07) is 0. The molecular weight excluding hydrogens is 146 g/mol. The summed E-state index contributed by atoms with van der Waals surface area (Å²) in [5.74, 6) is 0. The molecular formula is C3H3BrNO. The molecule has 6 heavy (non-hydrogen) atoms. The van der Waals surface area contributed by atoms with E-state index < -0.39 is 0 Å². The van der Waals surface area contributed by atoms with Gasteiger partial charge in [-0.2, -0.15) is 0 Å². The van der Waals surface area contributed by atoms with E-state index in [9.17, 15) is 0 Å². The average molecular weight is 149 g/mol. The molecule has 0 fully saturated rings. The highest BCUT2D eigenvalue weighted by atomic mass is 79.9. The normalized spacial score (nSPS) is 30.5. The summed E-state index contributed by atoms with van der Waals surface area (Å²) in [6.45, 7) is 0.694. The molecule has 1 aliphatic heterocycles. The van der Waals surface area contributed by atoms with Crippen LogP contribution in [0, 0.1) is 0 Å². The molecule has 1 aliphatic rings. The van der Waals surface area contributed by atoms with Crippen LogP contribution in [0.25, 0.3) is 0 Å². The Kier molecular flexibility index (Phi) is 1.10. The highest BCUT2D eigenvalue weighted by Crippen LogP contribution is 2.04. The third-order valence-electron chi connectivity index (χ3n) is 0.480. The quantitative estimate of drug-likeness (QED) is 0.463. The number of rotatable bonds is 0. The van der Waals surface area contributed by atoms with Crippen molar-refractivity contribution in [2.75, 3.05) is 6.54 Å². The van der Waals surface area contributed by atoms with Crippen LogP contribution in [-0.4, -0.2) is 18.0 Å². The molecule has 1 rings (SSSR count). The van der Waals surface area contributed by atoms with Crippen LogP contribution in [0.1, 0.15) is 0 Å². The summed E-state index contributed by atoms with van der Waals surface area (Å²) in [6.07, 6.45) is 2.35. The number of hydrogen-bond donors (Lipinski definition) is 0. The van der Waals surface area contributed by atoms with Gasteiger partial charge in [0, 0.05) is 0 Å². The highest BCUT2D eigenvalue weighted by molar-refractivity contribution is 9.09. The van der Waals surface area contributed by atoms with Crippen molar-refractivity contribution in [1.82, 2.24) is 0 Å². The molecule has 0 spiro atoms. The van der Waals surface area contributed by atoms with E-state index in [0.717, 1.165) is 0 Å². The van der Waals surface area contributed by atoms with Gasteiger partial charge in [0.05, 0.1) is 6.54 Å². The lowest BCUT2D eigenvalue weighted by Crippen LogP contribution is -1.96. The van der Waals surface area contributed by atoms with E-state index in [2.05, 4.69) is 32.1 Å². The van der Waals surface area contributed by atoms with Crippen molar-refractivity contribution in [2.45, 2.75) is 5.01 Å². The molecule has 0 aliphatic carbocycles. The summed E-state index contributed by atoms with van der Waals surface area (Å²) in [5, 5.41) is 0.0810. The zero-order valence-electron chi connectivity index (χ0n) is 3.02. The Bertz CT molecular complexity index is 65.2. The lowest BCUT2D eigenvalue weighted by molar-refractivity contribution is 0.333. The second-order valence-electron chi connectivity index (χ2n) is 0.960. The zero-order valence-corrected chi connectivity index (χ0v) is 4.60. The minimum absolute atomic E-state index is 0.0810. The van der Waals surface area contributed by atoms with E-state index in [1.807, 2.05) is 0 Å². The fraction of sp³-hybridized carbons (Fsp3) is 0.667. The number of alkyl halides is 1. The first-order valence-electron chi connectivity index (χ1n) is 1.61. The topological polar surface area (TPSA) is 21.6 Å². The third kappa shape index (κ3) is 0.712. The Morgan fingerprint density at radius 2 is 2.83 bits per heavy atom. The molecule has 1 heterocycles. The van der Waals surface area contributed by atoms with E-state index >= 15 is 0 Å². The maximum atomic E-state index is 4.65. The van der Waals surface area contributed by atoms with Crippen LogP contribution >= 0.6 is 15.9 Å². The van der Waals surface area contributed by atoms with Crippen LogP contribution in [0.5, 0.6) is 0 Å². The van der Waals surface area contributed by atoms with E-state index in [1.54, 1.807) is 0 Å². The number of halogens is 1. The van der Waals surface area contributed by atoms with E-state index in [0.29, 0.717) is 6.54 Å². The Labute approximate surface area is 44.3 Å². The van der Waals surface area contributed by atoms with Crippen LogP contribution < -0.4 is 0 Å². The molecule has 3 heteroatoms. The smallest absolute Gasteiger partial charge is 0.274 e. The largest absolute Gasteiger partial charge is 0.457 e. The van der Waals surface area contributed by atoms with Crippen molar-refractivity contribution in [3.63, 3.8) is 0 Å². The number of hydrogen-bond acceptors (Lipinski definition) is 2. The minimum atomic E-state index is 0.0810. The van der Waals surface area contributed by atoms with Crippen LogP contribution in [-0.2, 0) is 4.74 Å². The molecule has 0 aromatic rings. The van der Waals surface area contributed by atoms with Crippen molar-refractivity contribution < 1.29 is 4.74 Å². The minimum Gasteiger partial charge on any atom is -0.457 e. The molecule has 1 unspecified atom stereocenters. The number of ether oxygens (including phenoxy) is 1. The number of nitrogens with zero attached hydrogens (tertiary/aromatic N) is 1. The van der Waals surface area contributed by atoms with Crippen molar-refractivity contribution in [1.29, 1.82) is 0 Å². The van der Waals surface area contributed by atoms with Gasteiger partial charge in [-0.05, 0) is 15.9 Å². The zero-order chi connectivity index (χ0) is 4.41. The van der Waals surface area contributed by atoms with Gasteiger partial charge in [-0.3, -0.25) is 0 Å². The lowest BCUT2D eigenvalue weighted by Gasteiger charge is -1.91. The molecule has 1 atom stereocenters. The molecule has 1 radical (unpaired) electrons. The third-order valence-corrected chi connectivity index (χ3v) is 0.956. The molecule has 0 aromatic carbocycles. The molecule has 0 bridgehead atoms. The Morgan fingerprint density at radius 3 is 3.00 bits per heavy atom. The molecule has 0 saturated heterocycles. The molecule has 0 aromatic heterocycles.